The average Bonchev–Trinajstić information content (AvgIpc) is 2.60. The molecule has 0 saturated carbocycles. The van der Waals surface area contributed by atoms with Crippen LogP contribution < -0.4 is 5.32 Å². The number of rotatable bonds is 6. The van der Waals surface area contributed by atoms with Crippen LogP contribution in [0.25, 0.3) is 0 Å². The van der Waals surface area contributed by atoms with E-state index < -0.39 is 5.97 Å². The third kappa shape index (κ3) is 3.87. The Morgan fingerprint density at radius 1 is 1.53 bits per heavy atom. The molecule has 0 spiro atoms. The molecule has 0 aliphatic rings. The number of aliphatic hydroxyl groups excluding tert-OH is 1. The molecule has 1 aromatic rings. The minimum absolute atomic E-state index is 0.0410. The normalized spacial score (nSPS) is 11.8. The van der Waals surface area contributed by atoms with Gasteiger partial charge in [0.05, 0.1) is 0 Å². The molecule has 0 aliphatic carbocycles. The molecule has 96 valence electrons. The Hall–Kier alpha value is -1.33. The van der Waals surface area contributed by atoms with E-state index in [1.54, 1.807) is 6.92 Å². The van der Waals surface area contributed by atoms with E-state index in [1.807, 2.05) is 13.8 Å². The maximum atomic E-state index is 10.7. The Bertz CT molecular complexity index is 395. The van der Waals surface area contributed by atoms with Gasteiger partial charge in [-0.15, -0.1) is 0 Å². The van der Waals surface area contributed by atoms with Gasteiger partial charge in [-0.05, 0) is 13.0 Å². The zero-order valence-corrected chi connectivity index (χ0v) is 10.4. The SMILES string of the molecule is Cc1oc(C(=O)O)cc1CNCC(C)(C)CO. The van der Waals surface area contributed by atoms with Crippen molar-refractivity contribution in [1.82, 2.24) is 5.32 Å². The lowest BCUT2D eigenvalue weighted by molar-refractivity contribution is 0.0661. The second kappa shape index (κ2) is 5.33. The van der Waals surface area contributed by atoms with Crippen LogP contribution in [0.3, 0.4) is 0 Å². The zero-order valence-electron chi connectivity index (χ0n) is 10.4. The van der Waals surface area contributed by atoms with Crippen molar-refractivity contribution < 1.29 is 19.4 Å². The van der Waals surface area contributed by atoms with Gasteiger partial charge in [0, 0.05) is 30.7 Å². The van der Waals surface area contributed by atoms with Gasteiger partial charge in [0.2, 0.25) is 5.76 Å². The van der Waals surface area contributed by atoms with Gasteiger partial charge in [-0.1, -0.05) is 13.8 Å². The summed E-state index contributed by atoms with van der Waals surface area (Å²) in [6.45, 7) is 6.92. The summed E-state index contributed by atoms with van der Waals surface area (Å²) in [7, 11) is 0. The van der Waals surface area contributed by atoms with Crippen molar-refractivity contribution >= 4 is 5.97 Å². The molecule has 3 N–H and O–H groups in total. The van der Waals surface area contributed by atoms with Crippen molar-refractivity contribution in [3.63, 3.8) is 0 Å². The first-order valence-electron chi connectivity index (χ1n) is 5.50. The largest absolute Gasteiger partial charge is 0.475 e. The second-order valence-electron chi connectivity index (χ2n) is 4.92. The van der Waals surface area contributed by atoms with Crippen LogP contribution >= 0.6 is 0 Å². The van der Waals surface area contributed by atoms with E-state index in [4.69, 9.17) is 14.6 Å². The van der Waals surface area contributed by atoms with Gasteiger partial charge in [-0.3, -0.25) is 0 Å². The Morgan fingerprint density at radius 3 is 2.65 bits per heavy atom. The molecule has 0 amide bonds. The highest BCUT2D eigenvalue weighted by Crippen LogP contribution is 2.16. The van der Waals surface area contributed by atoms with Crippen LogP contribution in [0.5, 0.6) is 0 Å². The predicted octanol–water partition coefficient (Wildman–Crippen LogP) is 1.39. The summed E-state index contributed by atoms with van der Waals surface area (Å²) < 4.78 is 5.10. The lowest BCUT2D eigenvalue weighted by atomic mass is 9.95. The lowest BCUT2D eigenvalue weighted by Crippen LogP contribution is -2.31. The summed E-state index contributed by atoms with van der Waals surface area (Å²) in [4.78, 5) is 10.7. The standard InChI is InChI=1S/C12H19NO4/c1-8-9(4-10(17-8)11(15)16)5-13-6-12(2,3)7-14/h4,13-14H,5-7H2,1-3H3,(H,15,16). The van der Waals surface area contributed by atoms with E-state index in [9.17, 15) is 4.79 Å². The Balaban J connectivity index is 2.55. The number of hydrogen-bond donors (Lipinski definition) is 3. The minimum atomic E-state index is -1.06. The summed E-state index contributed by atoms with van der Waals surface area (Å²) in [6.07, 6.45) is 0. The van der Waals surface area contributed by atoms with Crippen molar-refractivity contribution in [2.24, 2.45) is 5.41 Å². The maximum Gasteiger partial charge on any atom is 0.371 e. The fourth-order valence-electron chi connectivity index (χ4n) is 1.39. The molecule has 0 aromatic carbocycles. The summed E-state index contributed by atoms with van der Waals surface area (Å²) >= 11 is 0. The predicted molar refractivity (Wildman–Crippen MR) is 63.0 cm³/mol. The third-order valence-corrected chi connectivity index (χ3v) is 2.58. The van der Waals surface area contributed by atoms with Crippen molar-refractivity contribution in [3.05, 3.63) is 23.2 Å². The number of aromatic carboxylic acids is 1. The van der Waals surface area contributed by atoms with Crippen molar-refractivity contribution in [2.45, 2.75) is 27.3 Å². The molecule has 0 bridgehead atoms. The molecule has 1 aromatic heterocycles. The van der Waals surface area contributed by atoms with Gasteiger partial charge < -0.3 is 19.9 Å². The lowest BCUT2D eigenvalue weighted by Gasteiger charge is -2.21. The Kier molecular flexibility index (Phi) is 4.31. The number of nitrogens with one attached hydrogen (secondary N) is 1. The quantitative estimate of drug-likeness (QED) is 0.701. The van der Waals surface area contributed by atoms with Gasteiger partial charge >= 0.3 is 5.97 Å². The number of aliphatic hydroxyl groups is 1. The molecule has 17 heavy (non-hydrogen) atoms. The van der Waals surface area contributed by atoms with Gasteiger partial charge in [0.1, 0.15) is 5.76 Å². The minimum Gasteiger partial charge on any atom is -0.475 e. The van der Waals surface area contributed by atoms with E-state index in [-0.39, 0.29) is 17.8 Å². The smallest absolute Gasteiger partial charge is 0.371 e. The summed E-state index contributed by atoms with van der Waals surface area (Å²) in [6, 6.07) is 1.52. The van der Waals surface area contributed by atoms with E-state index in [0.29, 0.717) is 18.8 Å². The molecule has 0 saturated heterocycles. The number of carboxylic acids is 1. The molecular formula is C12H19NO4. The van der Waals surface area contributed by atoms with E-state index in [0.717, 1.165) is 5.56 Å². The first kappa shape index (κ1) is 13.7. The molecular weight excluding hydrogens is 222 g/mol. The molecule has 0 atom stereocenters. The molecule has 1 heterocycles. The monoisotopic (exact) mass is 241 g/mol. The maximum absolute atomic E-state index is 10.7. The van der Waals surface area contributed by atoms with Gasteiger partial charge in [-0.25, -0.2) is 4.79 Å². The summed E-state index contributed by atoms with van der Waals surface area (Å²) in [5, 5.41) is 21.0. The van der Waals surface area contributed by atoms with Gasteiger partial charge in [0.15, 0.2) is 0 Å². The number of hydrogen-bond acceptors (Lipinski definition) is 4. The third-order valence-electron chi connectivity index (χ3n) is 2.58. The number of carbonyl (C=O) groups is 1. The highest BCUT2D eigenvalue weighted by molar-refractivity contribution is 5.84. The van der Waals surface area contributed by atoms with Crippen LogP contribution in [0.4, 0.5) is 0 Å². The fraction of sp³-hybridized carbons (Fsp3) is 0.583. The van der Waals surface area contributed by atoms with E-state index in [2.05, 4.69) is 5.32 Å². The highest BCUT2D eigenvalue weighted by Gasteiger charge is 2.17. The number of aryl methyl sites for hydroxylation is 1. The van der Waals surface area contributed by atoms with Crippen LogP contribution in [-0.2, 0) is 6.54 Å². The molecule has 0 radical (unpaired) electrons. The second-order valence-corrected chi connectivity index (χ2v) is 4.92. The Morgan fingerprint density at radius 2 is 2.18 bits per heavy atom. The topological polar surface area (TPSA) is 82.7 Å². The molecule has 0 fully saturated rings. The van der Waals surface area contributed by atoms with Crippen molar-refractivity contribution in [3.8, 4) is 0 Å². The van der Waals surface area contributed by atoms with Crippen LogP contribution in [0.1, 0.15) is 35.7 Å². The fourth-order valence-corrected chi connectivity index (χ4v) is 1.39. The number of furan rings is 1. The van der Waals surface area contributed by atoms with E-state index >= 15 is 0 Å². The average molecular weight is 241 g/mol. The van der Waals surface area contributed by atoms with Crippen molar-refractivity contribution in [2.75, 3.05) is 13.2 Å². The first-order valence-corrected chi connectivity index (χ1v) is 5.50. The van der Waals surface area contributed by atoms with Crippen LogP contribution in [-0.4, -0.2) is 29.3 Å². The molecule has 5 heteroatoms. The van der Waals surface area contributed by atoms with Crippen molar-refractivity contribution in [1.29, 1.82) is 0 Å². The molecule has 0 unspecified atom stereocenters. The van der Waals surface area contributed by atoms with Crippen LogP contribution in [0, 0.1) is 12.3 Å². The van der Waals surface area contributed by atoms with Crippen LogP contribution in [0.2, 0.25) is 0 Å². The molecule has 1 rings (SSSR count). The van der Waals surface area contributed by atoms with Gasteiger partial charge in [0.25, 0.3) is 0 Å². The molecule has 5 nitrogen and oxygen atoms in total. The summed E-state index contributed by atoms with van der Waals surface area (Å²) in [5.41, 5.74) is 0.643. The van der Waals surface area contributed by atoms with Gasteiger partial charge in [-0.2, -0.15) is 0 Å². The highest BCUT2D eigenvalue weighted by atomic mass is 16.4. The first-order chi connectivity index (χ1) is 7.85. The zero-order chi connectivity index (χ0) is 13.1. The molecule has 0 aliphatic heterocycles. The van der Waals surface area contributed by atoms with E-state index in [1.165, 1.54) is 6.07 Å². The summed E-state index contributed by atoms with van der Waals surface area (Å²) in [5.74, 6) is -0.493. The number of carboxylic acid groups (broad SMARTS) is 1. The van der Waals surface area contributed by atoms with Crippen LogP contribution in [0.15, 0.2) is 10.5 Å². The Labute approximate surface area is 100 Å².